The number of aromatic nitrogens is 1. The Hall–Kier alpha value is -2.56. The van der Waals surface area contributed by atoms with Crippen LogP contribution in [0, 0.1) is 6.92 Å². The number of aryl methyl sites for hydroxylation is 1. The van der Waals surface area contributed by atoms with Crippen molar-refractivity contribution in [1.82, 2.24) is 5.16 Å². The highest BCUT2D eigenvalue weighted by atomic mass is 16.5. The van der Waals surface area contributed by atoms with E-state index in [1.165, 1.54) is 12.5 Å². The van der Waals surface area contributed by atoms with E-state index in [4.69, 9.17) is 13.7 Å². The van der Waals surface area contributed by atoms with Crippen molar-refractivity contribution in [2.75, 3.05) is 7.11 Å². The average molecular weight is 257 g/mol. The zero-order chi connectivity index (χ0) is 13.4. The average Bonchev–Trinajstić information content (AvgIpc) is 2.93. The smallest absolute Gasteiger partial charge is 0.202 e. The highest BCUT2D eigenvalue weighted by molar-refractivity contribution is 5.83. The molecule has 0 N–H and O–H groups in total. The first-order chi connectivity index (χ1) is 9.20. The Morgan fingerprint density at radius 1 is 1.32 bits per heavy atom. The molecule has 5 nitrogen and oxygen atoms in total. The molecule has 96 valence electrons. The summed E-state index contributed by atoms with van der Waals surface area (Å²) in [7, 11) is 1.58. The summed E-state index contributed by atoms with van der Waals surface area (Å²) in [5, 5.41) is 4.25. The van der Waals surface area contributed by atoms with Crippen LogP contribution in [0.2, 0.25) is 0 Å². The van der Waals surface area contributed by atoms with Gasteiger partial charge in [-0.15, -0.1) is 0 Å². The van der Waals surface area contributed by atoms with E-state index >= 15 is 0 Å². The Labute approximate surface area is 108 Å². The van der Waals surface area contributed by atoms with Crippen LogP contribution in [-0.2, 0) is 0 Å². The Kier molecular flexibility index (Phi) is 2.59. The molecule has 3 aromatic rings. The van der Waals surface area contributed by atoms with Crippen molar-refractivity contribution in [2.24, 2.45) is 0 Å². The van der Waals surface area contributed by atoms with E-state index in [1.807, 2.05) is 6.92 Å². The third-order valence-corrected chi connectivity index (χ3v) is 3.00. The minimum absolute atomic E-state index is 0.138. The Morgan fingerprint density at radius 3 is 2.84 bits per heavy atom. The molecule has 0 aliphatic heterocycles. The largest absolute Gasteiger partial charge is 0.496 e. The molecule has 3 rings (SSSR count). The Morgan fingerprint density at radius 2 is 2.16 bits per heavy atom. The fourth-order valence-electron chi connectivity index (χ4n) is 2.01. The number of hydrogen-bond acceptors (Lipinski definition) is 5. The summed E-state index contributed by atoms with van der Waals surface area (Å²) in [4.78, 5) is 12.4. The predicted molar refractivity (Wildman–Crippen MR) is 69.3 cm³/mol. The topological polar surface area (TPSA) is 65.5 Å². The van der Waals surface area contributed by atoms with E-state index in [0.29, 0.717) is 28.0 Å². The third kappa shape index (κ3) is 1.79. The molecule has 0 saturated heterocycles. The lowest BCUT2D eigenvalue weighted by Gasteiger charge is -2.06. The summed E-state index contributed by atoms with van der Waals surface area (Å²) in [5.41, 5.74) is 2.06. The van der Waals surface area contributed by atoms with Crippen molar-refractivity contribution >= 4 is 11.0 Å². The van der Waals surface area contributed by atoms with Crippen molar-refractivity contribution in [1.29, 1.82) is 0 Å². The number of rotatable bonds is 2. The monoisotopic (exact) mass is 257 g/mol. The fourth-order valence-corrected chi connectivity index (χ4v) is 2.01. The van der Waals surface area contributed by atoms with E-state index in [-0.39, 0.29) is 5.43 Å². The van der Waals surface area contributed by atoms with Gasteiger partial charge in [0.05, 0.1) is 18.1 Å². The molecule has 0 bridgehead atoms. The highest BCUT2D eigenvalue weighted by Crippen LogP contribution is 2.25. The van der Waals surface area contributed by atoms with Gasteiger partial charge in [-0.05, 0) is 18.6 Å². The van der Waals surface area contributed by atoms with Crippen molar-refractivity contribution in [3.8, 4) is 17.0 Å². The Bertz CT molecular complexity index is 787. The number of nitrogens with zero attached hydrogens (tertiary/aromatic N) is 1. The van der Waals surface area contributed by atoms with Crippen LogP contribution < -0.4 is 10.2 Å². The summed E-state index contributed by atoms with van der Waals surface area (Å²) in [6, 6.07) is 5.08. The van der Waals surface area contributed by atoms with E-state index in [9.17, 15) is 4.79 Å². The van der Waals surface area contributed by atoms with Gasteiger partial charge in [-0.3, -0.25) is 4.79 Å². The second-order valence-electron chi connectivity index (χ2n) is 4.18. The number of hydrogen-bond donors (Lipinski definition) is 0. The molecule has 2 aromatic heterocycles. The molecule has 0 aliphatic carbocycles. The molecule has 0 spiro atoms. The second-order valence-corrected chi connectivity index (χ2v) is 4.18. The SMILES string of the molecule is COc1cc2occ(-c3ccon3)c(=O)c2cc1C. The van der Waals surface area contributed by atoms with Crippen LogP contribution in [0.4, 0.5) is 0 Å². The van der Waals surface area contributed by atoms with Crippen LogP contribution in [0.25, 0.3) is 22.2 Å². The molecule has 2 heterocycles. The molecular formula is C14H11NO4. The standard InChI is InChI=1S/C14H11NO4/c1-8-5-9-13(6-12(8)17-2)18-7-10(14(9)16)11-3-4-19-15-11/h3-7H,1-2H3. The molecular weight excluding hydrogens is 246 g/mol. The van der Waals surface area contributed by atoms with Gasteiger partial charge in [0.15, 0.2) is 0 Å². The van der Waals surface area contributed by atoms with Gasteiger partial charge in [-0.1, -0.05) is 5.16 Å². The van der Waals surface area contributed by atoms with Gasteiger partial charge in [-0.2, -0.15) is 0 Å². The first-order valence-electron chi connectivity index (χ1n) is 5.71. The zero-order valence-corrected chi connectivity index (χ0v) is 10.5. The lowest BCUT2D eigenvalue weighted by molar-refractivity contribution is 0.411. The minimum Gasteiger partial charge on any atom is -0.496 e. The molecule has 0 saturated carbocycles. The van der Waals surface area contributed by atoms with Gasteiger partial charge in [0, 0.05) is 12.1 Å². The molecule has 0 atom stereocenters. The normalized spacial score (nSPS) is 10.8. The van der Waals surface area contributed by atoms with Gasteiger partial charge < -0.3 is 13.7 Å². The number of benzene rings is 1. The number of fused-ring (bicyclic) bond motifs is 1. The molecule has 0 aliphatic rings. The summed E-state index contributed by atoms with van der Waals surface area (Å²) in [6.45, 7) is 1.88. The molecule has 1 aromatic carbocycles. The maximum Gasteiger partial charge on any atom is 0.202 e. The van der Waals surface area contributed by atoms with Crippen molar-refractivity contribution in [2.45, 2.75) is 6.92 Å². The third-order valence-electron chi connectivity index (χ3n) is 3.00. The van der Waals surface area contributed by atoms with Gasteiger partial charge in [0.25, 0.3) is 0 Å². The molecule has 19 heavy (non-hydrogen) atoms. The second kappa shape index (κ2) is 4.28. The fraction of sp³-hybridized carbons (Fsp3) is 0.143. The molecule has 0 unspecified atom stereocenters. The quantitative estimate of drug-likeness (QED) is 0.706. The van der Waals surface area contributed by atoms with Crippen molar-refractivity contribution in [3.63, 3.8) is 0 Å². The zero-order valence-electron chi connectivity index (χ0n) is 10.5. The summed E-state index contributed by atoms with van der Waals surface area (Å²) >= 11 is 0. The van der Waals surface area contributed by atoms with Crippen LogP contribution in [-0.4, -0.2) is 12.3 Å². The summed E-state index contributed by atoms with van der Waals surface area (Å²) in [6.07, 6.45) is 2.80. The van der Waals surface area contributed by atoms with Crippen LogP contribution in [0.3, 0.4) is 0 Å². The summed E-state index contributed by atoms with van der Waals surface area (Å²) in [5.74, 6) is 0.685. The number of ether oxygens (including phenoxy) is 1. The minimum atomic E-state index is -0.138. The van der Waals surface area contributed by atoms with Crippen molar-refractivity contribution < 1.29 is 13.7 Å². The first-order valence-corrected chi connectivity index (χ1v) is 5.71. The summed E-state index contributed by atoms with van der Waals surface area (Å²) < 4.78 is 15.4. The van der Waals surface area contributed by atoms with Gasteiger partial charge >= 0.3 is 0 Å². The molecule has 5 heteroatoms. The van der Waals surface area contributed by atoms with E-state index in [0.717, 1.165) is 5.56 Å². The number of methoxy groups -OCH3 is 1. The van der Waals surface area contributed by atoms with E-state index in [2.05, 4.69) is 5.16 Å². The predicted octanol–water partition coefficient (Wildman–Crippen LogP) is 2.77. The van der Waals surface area contributed by atoms with Gasteiger partial charge in [-0.25, -0.2) is 0 Å². The Balaban J connectivity index is 2.31. The lowest BCUT2D eigenvalue weighted by atomic mass is 10.1. The molecule has 0 fully saturated rings. The van der Waals surface area contributed by atoms with Crippen molar-refractivity contribution in [3.05, 3.63) is 46.5 Å². The van der Waals surface area contributed by atoms with E-state index in [1.54, 1.807) is 25.3 Å². The van der Waals surface area contributed by atoms with Gasteiger partial charge in [0.1, 0.15) is 29.6 Å². The molecule has 0 radical (unpaired) electrons. The highest BCUT2D eigenvalue weighted by Gasteiger charge is 2.13. The van der Waals surface area contributed by atoms with E-state index < -0.39 is 0 Å². The first kappa shape index (κ1) is 11.5. The van der Waals surface area contributed by atoms with Crippen LogP contribution in [0.15, 0.2) is 44.5 Å². The maximum atomic E-state index is 12.4. The van der Waals surface area contributed by atoms with Crippen LogP contribution >= 0.6 is 0 Å². The van der Waals surface area contributed by atoms with Crippen LogP contribution in [0.5, 0.6) is 5.75 Å². The molecule has 0 amide bonds. The van der Waals surface area contributed by atoms with Crippen LogP contribution in [0.1, 0.15) is 5.56 Å². The lowest BCUT2D eigenvalue weighted by Crippen LogP contribution is -2.05. The maximum absolute atomic E-state index is 12.4. The van der Waals surface area contributed by atoms with Gasteiger partial charge in [0.2, 0.25) is 5.43 Å².